The highest BCUT2D eigenvalue weighted by atomic mass is 35.5. The van der Waals surface area contributed by atoms with Gasteiger partial charge in [0.25, 0.3) is 0 Å². The van der Waals surface area contributed by atoms with Crippen molar-refractivity contribution in [2.24, 2.45) is 5.92 Å². The molecule has 1 fully saturated rings. The van der Waals surface area contributed by atoms with Crippen molar-refractivity contribution in [1.29, 1.82) is 0 Å². The standard InChI is InChI=1S/C15H24ClN3/c1-3-5-12-7-9-19(10-8-12)15-13(6-4-2)14(16)17-11-18-15/h11-12H,3-10H2,1-2H3. The Morgan fingerprint density at radius 3 is 2.58 bits per heavy atom. The van der Waals surface area contributed by atoms with Gasteiger partial charge < -0.3 is 4.90 Å². The van der Waals surface area contributed by atoms with Gasteiger partial charge in [0.15, 0.2) is 0 Å². The van der Waals surface area contributed by atoms with E-state index in [4.69, 9.17) is 11.6 Å². The Hall–Kier alpha value is -0.830. The Labute approximate surface area is 121 Å². The first kappa shape index (κ1) is 14.6. The van der Waals surface area contributed by atoms with Gasteiger partial charge in [0.2, 0.25) is 0 Å². The van der Waals surface area contributed by atoms with Crippen LogP contribution in [0.25, 0.3) is 0 Å². The molecule has 2 heterocycles. The summed E-state index contributed by atoms with van der Waals surface area (Å²) in [5.74, 6) is 1.96. The van der Waals surface area contributed by atoms with Gasteiger partial charge in [-0.05, 0) is 25.2 Å². The van der Waals surface area contributed by atoms with Crippen molar-refractivity contribution in [3.63, 3.8) is 0 Å². The first-order chi connectivity index (χ1) is 9.26. The van der Waals surface area contributed by atoms with Gasteiger partial charge in [0.1, 0.15) is 17.3 Å². The minimum Gasteiger partial charge on any atom is -0.356 e. The van der Waals surface area contributed by atoms with Crippen LogP contribution in [-0.2, 0) is 6.42 Å². The lowest BCUT2D eigenvalue weighted by Gasteiger charge is -2.33. The summed E-state index contributed by atoms with van der Waals surface area (Å²) in [4.78, 5) is 11.0. The minimum atomic E-state index is 0.627. The van der Waals surface area contributed by atoms with Gasteiger partial charge in [0.05, 0.1) is 0 Å². The van der Waals surface area contributed by atoms with Crippen molar-refractivity contribution in [3.8, 4) is 0 Å². The molecule has 106 valence electrons. The predicted octanol–water partition coefficient (Wildman–Crippen LogP) is 4.10. The molecule has 1 aliphatic rings. The molecule has 0 atom stereocenters. The maximum atomic E-state index is 6.23. The largest absolute Gasteiger partial charge is 0.356 e. The molecule has 0 saturated carbocycles. The summed E-state index contributed by atoms with van der Waals surface area (Å²) in [5.41, 5.74) is 1.13. The third-order valence-electron chi connectivity index (χ3n) is 3.98. The van der Waals surface area contributed by atoms with Crippen molar-refractivity contribution in [2.75, 3.05) is 18.0 Å². The van der Waals surface area contributed by atoms with Crippen molar-refractivity contribution in [2.45, 2.75) is 52.4 Å². The molecular formula is C15H24ClN3. The van der Waals surface area contributed by atoms with Gasteiger partial charge in [0, 0.05) is 18.7 Å². The molecular weight excluding hydrogens is 258 g/mol. The van der Waals surface area contributed by atoms with Gasteiger partial charge in [-0.15, -0.1) is 0 Å². The summed E-state index contributed by atoms with van der Waals surface area (Å²) >= 11 is 6.23. The van der Waals surface area contributed by atoms with E-state index in [2.05, 4.69) is 28.7 Å². The third kappa shape index (κ3) is 3.59. The van der Waals surface area contributed by atoms with Crippen LogP contribution in [-0.4, -0.2) is 23.1 Å². The molecule has 0 N–H and O–H groups in total. The first-order valence-corrected chi connectivity index (χ1v) is 7.88. The zero-order chi connectivity index (χ0) is 13.7. The highest BCUT2D eigenvalue weighted by Crippen LogP contribution is 2.29. The molecule has 0 aliphatic carbocycles. The molecule has 1 saturated heterocycles. The fraction of sp³-hybridized carbons (Fsp3) is 0.733. The van der Waals surface area contributed by atoms with Gasteiger partial charge in [-0.1, -0.05) is 44.7 Å². The topological polar surface area (TPSA) is 29.0 Å². The van der Waals surface area contributed by atoms with Crippen LogP contribution in [0.4, 0.5) is 5.82 Å². The van der Waals surface area contributed by atoms with Crippen LogP contribution in [0, 0.1) is 5.92 Å². The predicted molar refractivity (Wildman–Crippen MR) is 80.9 cm³/mol. The molecule has 0 aromatic carbocycles. The molecule has 4 heteroatoms. The van der Waals surface area contributed by atoms with Crippen LogP contribution in [0.15, 0.2) is 6.33 Å². The number of hydrogen-bond donors (Lipinski definition) is 0. The minimum absolute atomic E-state index is 0.627. The lowest BCUT2D eigenvalue weighted by atomic mass is 9.92. The number of aromatic nitrogens is 2. The van der Waals surface area contributed by atoms with Crippen LogP contribution < -0.4 is 4.90 Å². The molecule has 2 rings (SSSR count). The summed E-state index contributed by atoms with van der Waals surface area (Å²) in [6.07, 6.45) is 8.85. The molecule has 0 radical (unpaired) electrons. The lowest BCUT2D eigenvalue weighted by Crippen LogP contribution is -2.35. The fourth-order valence-electron chi connectivity index (χ4n) is 2.96. The average molecular weight is 282 g/mol. The molecule has 0 unspecified atom stereocenters. The van der Waals surface area contributed by atoms with Crippen LogP contribution >= 0.6 is 11.6 Å². The van der Waals surface area contributed by atoms with Crippen LogP contribution in [0.2, 0.25) is 5.15 Å². The molecule has 3 nitrogen and oxygen atoms in total. The quantitative estimate of drug-likeness (QED) is 0.761. The number of rotatable bonds is 5. The molecule has 1 aromatic heterocycles. The fourth-order valence-corrected chi connectivity index (χ4v) is 3.18. The summed E-state index contributed by atoms with van der Waals surface area (Å²) in [7, 11) is 0. The van der Waals surface area contributed by atoms with Crippen LogP contribution in [0.1, 0.15) is 51.5 Å². The number of halogens is 1. The van der Waals surface area contributed by atoms with Gasteiger partial charge in [-0.2, -0.15) is 0 Å². The maximum absolute atomic E-state index is 6.23. The molecule has 1 aliphatic heterocycles. The number of anilines is 1. The average Bonchev–Trinajstić information content (AvgIpc) is 2.43. The second kappa shape index (κ2) is 7.09. The molecule has 0 spiro atoms. The maximum Gasteiger partial charge on any atom is 0.137 e. The van der Waals surface area contributed by atoms with Crippen LogP contribution in [0.5, 0.6) is 0 Å². The van der Waals surface area contributed by atoms with E-state index in [1.54, 1.807) is 6.33 Å². The summed E-state index contributed by atoms with van der Waals surface area (Å²) in [5, 5.41) is 0.627. The Bertz CT molecular complexity index is 400. The van der Waals surface area contributed by atoms with E-state index in [-0.39, 0.29) is 0 Å². The molecule has 0 bridgehead atoms. The summed E-state index contributed by atoms with van der Waals surface area (Å²) < 4.78 is 0. The van der Waals surface area contributed by atoms with E-state index in [1.165, 1.54) is 25.7 Å². The molecule has 0 amide bonds. The van der Waals surface area contributed by atoms with Gasteiger partial charge >= 0.3 is 0 Å². The van der Waals surface area contributed by atoms with E-state index >= 15 is 0 Å². The van der Waals surface area contributed by atoms with E-state index in [0.717, 1.165) is 43.2 Å². The number of hydrogen-bond acceptors (Lipinski definition) is 3. The van der Waals surface area contributed by atoms with E-state index < -0.39 is 0 Å². The number of nitrogens with zero attached hydrogens (tertiary/aromatic N) is 3. The Kier molecular flexibility index (Phi) is 5.44. The van der Waals surface area contributed by atoms with Crippen molar-refractivity contribution >= 4 is 17.4 Å². The Balaban J connectivity index is 2.08. The summed E-state index contributed by atoms with van der Waals surface area (Å²) in [6, 6.07) is 0. The SMILES string of the molecule is CCCc1c(Cl)ncnc1N1CCC(CCC)CC1. The smallest absolute Gasteiger partial charge is 0.137 e. The third-order valence-corrected chi connectivity index (χ3v) is 4.31. The van der Waals surface area contributed by atoms with E-state index in [1.807, 2.05) is 0 Å². The zero-order valence-electron chi connectivity index (χ0n) is 12.0. The van der Waals surface area contributed by atoms with Gasteiger partial charge in [-0.3, -0.25) is 0 Å². The Morgan fingerprint density at radius 2 is 1.95 bits per heavy atom. The Morgan fingerprint density at radius 1 is 1.21 bits per heavy atom. The number of piperidine rings is 1. The second-order valence-corrected chi connectivity index (χ2v) is 5.79. The van der Waals surface area contributed by atoms with E-state index in [0.29, 0.717) is 5.15 Å². The lowest BCUT2D eigenvalue weighted by molar-refractivity contribution is 0.377. The van der Waals surface area contributed by atoms with Crippen LogP contribution in [0.3, 0.4) is 0 Å². The second-order valence-electron chi connectivity index (χ2n) is 5.44. The zero-order valence-corrected chi connectivity index (χ0v) is 12.8. The van der Waals surface area contributed by atoms with E-state index in [9.17, 15) is 0 Å². The van der Waals surface area contributed by atoms with Gasteiger partial charge in [-0.25, -0.2) is 9.97 Å². The molecule has 19 heavy (non-hydrogen) atoms. The molecule has 1 aromatic rings. The van der Waals surface area contributed by atoms with Crippen molar-refractivity contribution < 1.29 is 0 Å². The van der Waals surface area contributed by atoms with Crippen molar-refractivity contribution in [3.05, 3.63) is 17.0 Å². The summed E-state index contributed by atoms with van der Waals surface area (Å²) in [6.45, 7) is 6.65. The normalized spacial score (nSPS) is 16.9. The monoisotopic (exact) mass is 281 g/mol. The van der Waals surface area contributed by atoms with Crippen molar-refractivity contribution in [1.82, 2.24) is 9.97 Å². The first-order valence-electron chi connectivity index (χ1n) is 7.50. The highest BCUT2D eigenvalue weighted by Gasteiger charge is 2.22. The highest BCUT2D eigenvalue weighted by molar-refractivity contribution is 6.30.